The summed E-state index contributed by atoms with van der Waals surface area (Å²) in [7, 11) is 0. The molecule has 4 rings (SSSR count). The van der Waals surface area contributed by atoms with Gasteiger partial charge in [-0.2, -0.15) is 0 Å². The number of carbonyl (C=O) groups excluding carboxylic acids is 1. The molecule has 0 aliphatic rings. The molecule has 0 atom stereocenters. The zero-order valence-electron chi connectivity index (χ0n) is 13.5. The van der Waals surface area contributed by atoms with Crippen molar-refractivity contribution >= 4 is 28.8 Å². The summed E-state index contributed by atoms with van der Waals surface area (Å²) in [5.74, 6) is -0.116. The first-order valence-electron chi connectivity index (χ1n) is 7.78. The van der Waals surface area contributed by atoms with Crippen molar-refractivity contribution in [1.29, 1.82) is 0 Å². The van der Waals surface area contributed by atoms with Crippen molar-refractivity contribution < 1.29 is 4.79 Å². The van der Waals surface area contributed by atoms with E-state index >= 15 is 0 Å². The van der Waals surface area contributed by atoms with E-state index in [9.17, 15) is 4.79 Å². The van der Waals surface area contributed by atoms with Crippen LogP contribution in [0.2, 0.25) is 0 Å². The fourth-order valence-electron chi connectivity index (χ4n) is 2.65. The van der Waals surface area contributed by atoms with Gasteiger partial charge in [0.2, 0.25) is 0 Å². The number of primary amides is 1. The Hall–Kier alpha value is -2.97. The largest absolute Gasteiger partial charge is 0.364 e. The highest BCUT2D eigenvalue weighted by atomic mass is 32.1. The summed E-state index contributed by atoms with van der Waals surface area (Å²) in [5.41, 5.74) is 8.78. The second-order valence-electron chi connectivity index (χ2n) is 5.52. The molecule has 26 heavy (non-hydrogen) atoms. The second-order valence-corrected chi connectivity index (χ2v) is 7.07. The minimum atomic E-state index is -0.583. The zero-order valence-corrected chi connectivity index (χ0v) is 15.1. The van der Waals surface area contributed by atoms with Crippen LogP contribution >= 0.6 is 22.9 Å². The van der Waals surface area contributed by atoms with Crippen LogP contribution in [0.3, 0.4) is 0 Å². The van der Waals surface area contributed by atoms with Crippen molar-refractivity contribution in [2.24, 2.45) is 5.73 Å². The van der Waals surface area contributed by atoms with Gasteiger partial charge in [-0.1, -0.05) is 40.9 Å². The summed E-state index contributed by atoms with van der Waals surface area (Å²) >= 11 is 2.73. The number of amides is 1. The van der Waals surface area contributed by atoms with Gasteiger partial charge in [0, 0.05) is 17.4 Å². The standard InChI is InChI=1S/C18H13N5OS2/c19-17(24)16-12(9-11-5-2-1-3-6-11)15(13-10-26-23-22-13)20-18(21-16)14-7-4-8-25-14/h1-8,10H,9H2,(H2,19,24). The van der Waals surface area contributed by atoms with E-state index in [-0.39, 0.29) is 5.69 Å². The third kappa shape index (κ3) is 3.24. The highest BCUT2D eigenvalue weighted by molar-refractivity contribution is 7.13. The molecule has 3 heterocycles. The predicted octanol–water partition coefficient (Wildman–Crippen LogP) is 3.41. The maximum absolute atomic E-state index is 12.2. The fraction of sp³-hybridized carbons (Fsp3) is 0.0556. The molecule has 0 fully saturated rings. The van der Waals surface area contributed by atoms with E-state index in [0.717, 1.165) is 10.4 Å². The van der Waals surface area contributed by atoms with Crippen LogP contribution in [0, 0.1) is 0 Å². The molecule has 2 N–H and O–H groups in total. The fourth-order valence-corrected chi connectivity index (χ4v) is 3.75. The van der Waals surface area contributed by atoms with Crippen LogP contribution in [-0.4, -0.2) is 25.5 Å². The number of rotatable bonds is 5. The minimum absolute atomic E-state index is 0.218. The number of carbonyl (C=O) groups is 1. The Morgan fingerprint density at radius 3 is 2.58 bits per heavy atom. The van der Waals surface area contributed by atoms with Crippen LogP contribution in [0.15, 0.2) is 53.2 Å². The highest BCUT2D eigenvalue weighted by Gasteiger charge is 2.22. The summed E-state index contributed by atoms with van der Waals surface area (Å²) < 4.78 is 3.93. The van der Waals surface area contributed by atoms with E-state index in [1.165, 1.54) is 22.9 Å². The molecular weight excluding hydrogens is 366 g/mol. The van der Waals surface area contributed by atoms with Gasteiger partial charge in [-0.25, -0.2) is 9.97 Å². The van der Waals surface area contributed by atoms with E-state index in [2.05, 4.69) is 14.6 Å². The number of benzene rings is 1. The van der Waals surface area contributed by atoms with Crippen molar-refractivity contribution in [3.8, 4) is 22.1 Å². The molecular formula is C18H13N5OS2. The van der Waals surface area contributed by atoms with Gasteiger partial charge in [0.15, 0.2) is 5.82 Å². The monoisotopic (exact) mass is 379 g/mol. The molecule has 0 bridgehead atoms. The Morgan fingerprint density at radius 2 is 1.92 bits per heavy atom. The summed E-state index contributed by atoms with van der Waals surface area (Å²) in [6.45, 7) is 0. The van der Waals surface area contributed by atoms with Crippen LogP contribution in [0.4, 0.5) is 0 Å². The Kier molecular flexibility index (Phi) is 4.51. The normalized spacial score (nSPS) is 10.8. The maximum atomic E-state index is 12.2. The smallest absolute Gasteiger partial charge is 0.267 e. The number of hydrogen-bond donors (Lipinski definition) is 1. The molecule has 0 aliphatic heterocycles. The molecule has 0 unspecified atom stereocenters. The molecule has 128 valence electrons. The lowest BCUT2D eigenvalue weighted by molar-refractivity contribution is 0.0994. The van der Waals surface area contributed by atoms with Crippen molar-refractivity contribution in [3.63, 3.8) is 0 Å². The van der Waals surface area contributed by atoms with Gasteiger partial charge in [0.1, 0.15) is 11.4 Å². The van der Waals surface area contributed by atoms with E-state index in [1.54, 1.807) is 5.38 Å². The molecule has 0 saturated heterocycles. The summed E-state index contributed by atoms with van der Waals surface area (Å²) in [5, 5.41) is 7.88. The third-order valence-electron chi connectivity index (χ3n) is 3.81. The van der Waals surface area contributed by atoms with E-state index in [4.69, 9.17) is 10.7 Å². The van der Waals surface area contributed by atoms with Crippen molar-refractivity contribution in [2.45, 2.75) is 6.42 Å². The Morgan fingerprint density at radius 1 is 1.08 bits per heavy atom. The van der Waals surface area contributed by atoms with Crippen LogP contribution < -0.4 is 5.73 Å². The van der Waals surface area contributed by atoms with E-state index in [1.807, 2.05) is 47.8 Å². The maximum Gasteiger partial charge on any atom is 0.267 e. The Labute approximate surface area is 157 Å². The average molecular weight is 379 g/mol. The molecule has 1 amide bonds. The molecule has 6 nitrogen and oxygen atoms in total. The minimum Gasteiger partial charge on any atom is -0.364 e. The molecule has 0 radical (unpaired) electrons. The lowest BCUT2D eigenvalue weighted by atomic mass is 10.00. The topological polar surface area (TPSA) is 94.7 Å². The summed E-state index contributed by atoms with van der Waals surface area (Å²) in [4.78, 5) is 22.2. The van der Waals surface area contributed by atoms with Crippen molar-refractivity contribution in [3.05, 3.63) is 70.0 Å². The first-order chi connectivity index (χ1) is 12.7. The summed E-state index contributed by atoms with van der Waals surface area (Å²) in [6, 6.07) is 13.6. The number of thiophene rings is 1. The quantitative estimate of drug-likeness (QED) is 0.573. The molecule has 0 saturated carbocycles. The molecule has 0 aliphatic carbocycles. The number of nitrogens with two attached hydrogens (primary N) is 1. The lowest BCUT2D eigenvalue weighted by Crippen LogP contribution is -2.18. The molecule has 1 aromatic carbocycles. The molecule has 3 aromatic heterocycles. The SMILES string of the molecule is NC(=O)c1nc(-c2cccs2)nc(-c2csnn2)c1Cc1ccccc1. The van der Waals surface area contributed by atoms with Crippen LogP contribution in [0.1, 0.15) is 21.6 Å². The van der Waals surface area contributed by atoms with E-state index in [0.29, 0.717) is 29.2 Å². The number of hydrogen-bond acceptors (Lipinski definition) is 7. The van der Waals surface area contributed by atoms with Crippen LogP contribution in [0.5, 0.6) is 0 Å². The van der Waals surface area contributed by atoms with Gasteiger partial charge in [0.05, 0.1) is 10.6 Å². The first kappa shape index (κ1) is 16.5. The number of nitrogens with zero attached hydrogens (tertiary/aromatic N) is 4. The zero-order chi connectivity index (χ0) is 17.9. The van der Waals surface area contributed by atoms with Gasteiger partial charge in [-0.15, -0.1) is 16.4 Å². The van der Waals surface area contributed by atoms with Crippen molar-refractivity contribution in [1.82, 2.24) is 19.6 Å². The lowest BCUT2D eigenvalue weighted by Gasteiger charge is -2.12. The third-order valence-corrected chi connectivity index (χ3v) is 5.18. The average Bonchev–Trinajstić information content (AvgIpc) is 3.36. The first-order valence-corrected chi connectivity index (χ1v) is 9.50. The van der Waals surface area contributed by atoms with E-state index < -0.39 is 5.91 Å². The van der Waals surface area contributed by atoms with Crippen LogP contribution in [0.25, 0.3) is 22.1 Å². The van der Waals surface area contributed by atoms with Gasteiger partial charge in [-0.05, 0) is 28.5 Å². The summed E-state index contributed by atoms with van der Waals surface area (Å²) in [6.07, 6.45) is 0.483. The van der Waals surface area contributed by atoms with Crippen LogP contribution in [-0.2, 0) is 6.42 Å². The Balaban J connectivity index is 1.94. The predicted molar refractivity (Wildman–Crippen MR) is 102 cm³/mol. The van der Waals surface area contributed by atoms with Gasteiger partial charge >= 0.3 is 0 Å². The molecule has 4 aromatic rings. The van der Waals surface area contributed by atoms with Gasteiger partial charge < -0.3 is 5.73 Å². The molecule has 8 heteroatoms. The molecule has 0 spiro atoms. The van der Waals surface area contributed by atoms with Crippen molar-refractivity contribution in [2.75, 3.05) is 0 Å². The second kappa shape index (κ2) is 7.11. The van der Waals surface area contributed by atoms with Gasteiger partial charge in [-0.3, -0.25) is 4.79 Å². The highest BCUT2D eigenvalue weighted by Crippen LogP contribution is 2.30. The van der Waals surface area contributed by atoms with Gasteiger partial charge in [0.25, 0.3) is 5.91 Å². The number of aromatic nitrogens is 4. The Bertz CT molecular complexity index is 1030.